The molecule has 1 aromatic carbocycles. The minimum Gasteiger partial charge on any atom is -0.436 e. The van der Waals surface area contributed by atoms with Gasteiger partial charge in [-0.15, -0.1) is 0 Å². The van der Waals surface area contributed by atoms with Gasteiger partial charge in [-0.2, -0.15) is 0 Å². The Morgan fingerprint density at radius 3 is 2.43 bits per heavy atom. The molecule has 0 aliphatic rings. The summed E-state index contributed by atoms with van der Waals surface area (Å²) in [5.74, 6) is -0.134. The van der Waals surface area contributed by atoms with Gasteiger partial charge in [-0.3, -0.25) is 10.1 Å². The first-order valence-electron chi connectivity index (χ1n) is 7.42. The van der Waals surface area contributed by atoms with E-state index in [9.17, 15) is 9.59 Å². The molecule has 0 spiro atoms. The Balaban J connectivity index is 2.69. The largest absolute Gasteiger partial charge is 0.436 e. The summed E-state index contributed by atoms with van der Waals surface area (Å²) in [6.45, 7) is 3.96. The van der Waals surface area contributed by atoms with E-state index in [-0.39, 0.29) is 25.0 Å². The van der Waals surface area contributed by atoms with Crippen LogP contribution in [0, 0.1) is 5.92 Å². The number of halogens is 1. The molecule has 2 N–H and O–H groups in total. The molecule has 6 nitrogen and oxygen atoms in total. The van der Waals surface area contributed by atoms with Crippen molar-refractivity contribution in [2.45, 2.75) is 26.4 Å². The fourth-order valence-corrected chi connectivity index (χ4v) is 2.21. The first kappa shape index (κ1) is 19.4. The second-order valence-electron chi connectivity index (χ2n) is 5.64. The summed E-state index contributed by atoms with van der Waals surface area (Å²) in [7, 11) is 1.57. The molecule has 0 aromatic heterocycles. The summed E-state index contributed by atoms with van der Waals surface area (Å²) >= 11 is 3.31. The molecule has 0 radical (unpaired) electrons. The monoisotopic (exact) mass is 386 g/mol. The van der Waals surface area contributed by atoms with Crippen LogP contribution in [0.1, 0.15) is 20.3 Å². The lowest BCUT2D eigenvalue weighted by atomic mass is 10.1. The zero-order chi connectivity index (χ0) is 17.4. The summed E-state index contributed by atoms with van der Waals surface area (Å²) in [5, 5.41) is 11.5. The Kier molecular flexibility index (Phi) is 8.05. The van der Waals surface area contributed by atoms with Gasteiger partial charge in [-0.05, 0) is 36.6 Å². The fourth-order valence-electron chi connectivity index (χ4n) is 1.94. The van der Waals surface area contributed by atoms with E-state index in [1.807, 2.05) is 13.8 Å². The molecule has 1 rings (SSSR count). The molecule has 0 heterocycles. The van der Waals surface area contributed by atoms with Crippen molar-refractivity contribution in [3.05, 3.63) is 28.7 Å². The second kappa shape index (κ2) is 9.52. The minimum absolute atomic E-state index is 0.137. The third-order valence-electron chi connectivity index (χ3n) is 3.11. The molecular formula is C16H23BrN2O4. The maximum atomic E-state index is 12.3. The number of carbonyl (C=O) groups is 2. The Morgan fingerprint density at radius 1 is 1.30 bits per heavy atom. The molecular weight excluding hydrogens is 364 g/mol. The Morgan fingerprint density at radius 2 is 1.91 bits per heavy atom. The van der Waals surface area contributed by atoms with E-state index in [4.69, 9.17) is 9.84 Å². The maximum absolute atomic E-state index is 12.3. The van der Waals surface area contributed by atoms with Crippen LogP contribution in [0.2, 0.25) is 0 Å². The molecule has 0 saturated heterocycles. The van der Waals surface area contributed by atoms with E-state index in [0.29, 0.717) is 12.1 Å². The summed E-state index contributed by atoms with van der Waals surface area (Å²) in [6, 6.07) is 7.04. The van der Waals surface area contributed by atoms with Gasteiger partial charge >= 0.3 is 6.09 Å². The minimum atomic E-state index is -0.873. The van der Waals surface area contributed by atoms with Crippen molar-refractivity contribution in [1.82, 2.24) is 4.90 Å². The van der Waals surface area contributed by atoms with Crippen LogP contribution >= 0.6 is 15.9 Å². The average molecular weight is 387 g/mol. The van der Waals surface area contributed by atoms with Crippen LogP contribution in [0.5, 0.6) is 0 Å². The van der Waals surface area contributed by atoms with Crippen molar-refractivity contribution in [3.63, 3.8) is 0 Å². The van der Waals surface area contributed by atoms with E-state index in [1.165, 1.54) is 4.90 Å². The number of carbonyl (C=O) groups excluding carboxylic acids is 2. The molecule has 1 atom stereocenters. The predicted octanol–water partition coefficient (Wildman–Crippen LogP) is 2.86. The van der Waals surface area contributed by atoms with Crippen LogP contribution < -0.4 is 5.32 Å². The van der Waals surface area contributed by atoms with E-state index in [2.05, 4.69) is 21.2 Å². The van der Waals surface area contributed by atoms with Crippen molar-refractivity contribution >= 4 is 33.6 Å². The number of benzene rings is 1. The highest BCUT2D eigenvalue weighted by atomic mass is 79.9. The molecule has 0 bridgehead atoms. The zero-order valence-corrected chi connectivity index (χ0v) is 15.2. The van der Waals surface area contributed by atoms with E-state index in [1.54, 1.807) is 31.3 Å². The lowest BCUT2D eigenvalue weighted by Gasteiger charge is -2.24. The van der Waals surface area contributed by atoms with Gasteiger partial charge in [0, 0.05) is 23.8 Å². The SMILES string of the molecule is CC(C)CC(OC(=O)Nc1ccc(Br)cc1)C(=O)N(C)CCO. The molecule has 0 saturated carbocycles. The molecule has 2 amide bonds. The van der Waals surface area contributed by atoms with Crippen LogP contribution in [0.4, 0.5) is 10.5 Å². The lowest BCUT2D eigenvalue weighted by Crippen LogP contribution is -2.41. The van der Waals surface area contributed by atoms with Gasteiger partial charge in [0.2, 0.25) is 0 Å². The van der Waals surface area contributed by atoms with E-state index >= 15 is 0 Å². The van der Waals surface area contributed by atoms with Crippen molar-refractivity contribution in [3.8, 4) is 0 Å². The highest BCUT2D eigenvalue weighted by molar-refractivity contribution is 9.10. The van der Waals surface area contributed by atoms with Gasteiger partial charge in [0.05, 0.1) is 6.61 Å². The number of amides is 2. The number of hydrogen-bond acceptors (Lipinski definition) is 4. The zero-order valence-electron chi connectivity index (χ0n) is 13.6. The highest BCUT2D eigenvalue weighted by Crippen LogP contribution is 2.16. The number of nitrogens with zero attached hydrogens (tertiary/aromatic N) is 1. The van der Waals surface area contributed by atoms with Crippen LogP contribution in [0.3, 0.4) is 0 Å². The van der Waals surface area contributed by atoms with Crippen LogP contribution in [-0.2, 0) is 9.53 Å². The molecule has 0 fully saturated rings. The molecule has 128 valence electrons. The Bertz CT molecular complexity index is 519. The van der Waals surface area contributed by atoms with Crippen molar-refractivity contribution in [1.29, 1.82) is 0 Å². The number of anilines is 1. The number of hydrogen-bond donors (Lipinski definition) is 2. The standard InChI is InChI=1S/C16H23BrN2O4/c1-11(2)10-14(15(21)19(3)8-9-20)23-16(22)18-13-6-4-12(17)5-7-13/h4-7,11,14,20H,8-10H2,1-3H3,(H,18,22). The normalized spacial score (nSPS) is 11.9. The van der Waals surface area contributed by atoms with Crippen molar-refractivity contribution in [2.24, 2.45) is 5.92 Å². The summed E-state index contributed by atoms with van der Waals surface area (Å²) in [5.41, 5.74) is 0.581. The first-order valence-corrected chi connectivity index (χ1v) is 8.21. The van der Waals surface area contributed by atoms with Gasteiger partial charge in [0.15, 0.2) is 6.10 Å². The topological polar surface area (TPSA) is 78.9 Å². The number of aliphatic hydroxyl groups is 1. The lowest BCUT2D eigenvalue weighted by molar-refractivity contribution is -0.140. The van der Waals surface area contributed by atoms with Crippen molar-refractivity contribution < 1.29 is 19.4 Å². The van der Waals surface area contributed by atoms with Crippen LogP contribution in [-0.4, -0.2) is 48.3 Å². The number of aliphatic hydroxyl groups excluding tert-OH is 1. The third kappa shape index (κ3) is 7.00. The second-order valence-corrected chi connectivity index (χ2v) is 6.55. The summed E-state index contributed by atoms with van der Waals surface area (Å²) in [4.78, 5) is 25.7. The average Bonchev–Trinajstić information content (AvgIpc) is 2.48. The number of nitrogens with one attached hydrogen (secondary N) is 1. The third-order valence-corrected chi connectivity index (χ3v) is 3.64. The number of likely N-dealkylation sites (N-methyl/N-ethyl adjacent to an activating group) is 1. The first-order chi connectivity index (χ1) is 10.8. The Hall–Kier alpha value is -1.60. The van der Waals surface area contributed by atoms with Gasteiger partial charge in [-0.1, -0.05) is 29.8 Å². The van der Waals surface area contributed by atoms with Gasteiger partial charge in [-0.25, -0.2) is 4.79 Å². The fraction of sp³-hybridized carbons (Fsp3) is 0.500. The van der Waals surface area contributed by atoms with Crippen LogP contribution in [0.25, 0.3) is 0 Å². The summed E-state index contributed by atoms with van der Waals surface area (Å²) < 4.78 is 6.19. The smallest absolute Gasteiger partial charge is 0.412 e. The highest BCUT2D eigenvalue weighted by Gasteiger charge is 2.26. The molecule has 1 aromatic rings. The van der Waals surface area contributed by atoms with E-state index < -0.39 is 12.2 Å². The quantitative estimate of drug-likeness (QED) is 0.754. The molecule has 0 aliphatic heterocycles. The molecule has 23 heavy (non-hydrogen) atoms. The molecule has 1 unspecified atom stereocenters. The van der Waals surface area contributed by atoms with Gasteiger partial charge in [0.1, 0.15) is 0 Å². The summed E-state index contributed by atoms with van der Waals surface area (Å²) in [6.07, 6.45) is -1.13. The molecule has 7 heteroatoms. The van der Waals surface area contributed by atoms with Gasteiger partial charge in [0.25, 0.3) is 5.91 Å². The maximum Gasteiger partial charge on any atom is 0.412 e. The van der Waals surface area contributed by atoms with Gasteiger partial charge < -0.3 is 14.7 Å². The van der Waals surface area contributed by atoms with Crippen LogP contribution in [0.15, 0.2) is 28.7 Å². The number of rotatable bonds is 7. The molecule has 0 aliphatic carbocycles. The number of ether oxygens (including phenoxy) is 1. The van der Waals surface area contributed by atoms with Crippen molar-refractivity contribution in [2.75, 3.05) is 25.5 Å². The van der Waals surface area contributed by atoms with E-state index in [0.717, 1.165) is 4.47 Å². The predicted molar refractivity (Wildman–Crippen MR) is 92.2 cm³/mol. The Labute approximate surface area is 144 Å².